The molecule has 1 aromatic carbocycles. The average Bonchev–Trinajstić information content (AvgIpc) is 2.45. The molecule has 20 heavy (non-hydrogen) atoms. The molecule has 0 saturated carbocycles. The fraction of sp³-hybridized carbons (Fsp3) is 0.286. The number of nitrogens with zero attached hydrogens (tertiary/aromatic N) is 1. The Morgan fingerprint density at radius 2 is 1.95 bits per heavy atom. The molecular formula is C14H13N2O4+. The predicted octanol–water partition coefficient (Wildman–Crippen LogP) is 1.22. The highest BCUT2D eigenvalue weighted by Gasteiger charge is 2.32. The molecule has 1 heterocycles. The van der Waals surface area contributed by atoms with E-state index >= 15 is 0 Å². The molecule has 102 valence electrons. The van der Waals surface area contributed by atoms with Gasteiger partial charge in [-0.25, -0.2) is 0 Å². The summed E-state index contributed by atoms with van der Waals surface area (Å²) in [6, 6.07) is 8.28. The Hall–Kier alpha value is -2.68. The summed E-state index contributed by atoms with van der Waals surface area (Å²) in [6.45, 7) is 2.88. The van der Waals surface area contributed by atoms with Crippen LogP contribution in [0.3, 0.4) is 0 Å². The molecule has 1 aliphatic heterocycles. The van der Waals surface area contributed by atoms with Crippen molar-refractivity contribution in [1.29, 1.82) is 0 Å². The van der Waals surface area contributed by atoms with E-state index < -0.39 is 29.9 Å². The maximum Gasteiger partial charge on any atom is 0.548 e. The summed E-state index contributed by atoms with van der Waals surface area (Å²) < 4.78 is 4.98. The minimum atomic E-state index is -0.908. The van der Waals surface area contributed by atoms with Crippen LogP contribution in [0.1, 0.15) is 34.6 Å². The van der Waals surface area contributed by atoms with Crippen LogP contribution in [0.5, 0.6) is 0 Å². The van der Waals surface area contributed by atoms with Gasteiger partial charge in [0.15, 0.2) is 0 Å². The third kappa shape index (κ3) is 2.83. The first-order valence-corrected chi connectivity index (χ1v) is 6.06. The molecule has 1 aromatic rings. The number of hydrogen-bond donors (Lipinski definition) is 1. The van der Waals surface area contributed by atoms with E-state index in [1.165, 1.54) is 19.1 Å². The van der Waals surface area contributed by atoms with E-state index in [1.54, 1.807) is 19.1 Å². The predicted molar refractivity (Wildman–Crippen MR) is 70.5 cm³/mol. The van der Waals surface area contributed by atoms with Gasteiger partial charge < -0.3 is 10.1 Å². The second-order valence-electron chi connectivity index (χ2n) is 4.38. The molecule has 0 fully saturated rings. The van der Waals surface area contributed by atoms with Gasteiger partial charge in [0, 0.05) is 11.8 Å². The highest BCUT2D eigenvalue weighted by Crippen LogP contribution is 2.13. The zero-order valence-electron chi connectivity index (χ0n) is 11.0. The lowest BCUT2D eigenvalue weighted by Gasteiger charge is -2.16. The first-order chi connectivity index (χ1) is 9.49. The zero-order valence-corrected chi connectivity index (χ0v) is 11.0. The second-order valence-corrected chi connectivity index (χ2v) is 4.38. The Balaban J connectivity index is 2.43. The molecule has 2 rings (SSSR count). The number of nitrogens with one attached hydrogen (secondary N) is 1. The Morgan fingerprint density at radius 1 is 1.30 bits per heavy atom. The van der Waals surface area contributed by atoms with Crippen LogP contribution in [0.4, 0.5) is 0 Å². The van der Waals surface area contributed by atoms with E-state index in [4.69, 9.17) is 4.74 Å². The van der Waals surface area contributed by atoms with Gasteiger partial charge in [-0.15, -0.1) is 0 Å². The van der Waals surface area contributed by atoms with E-state index in [1.807, 2.05) is 0 Å². The van der Waals surface area contributed by atoms with Gasteiger partial charge in [-0.1, -0.05) is 12.1 Å². The van der Waals surface area contributed by atoms with Crippen molar-refractivity contribution in [2.24, 2.45) is 0 Å². The number of carbonyl (C=O) groups excluding carboxylic acids is 3. The van der Waals surface area contributed by atoms with Crippen LogP contribution >= 0.6 is 0 Å². The summed E-state index contributed by atoms with van der Waals surface area (Å²) >= 11 is 0. The third-order valence-corrected chi connectivity index (χ3v) is 2.80. The lowest BCUT2D eigenvalue weighted by atomic mass is 10.1. The Morgan fingerprint density at radius 3 is 2.60 bits per heavy atom. The first kappa shape index (κ1) is 13.7. The van der Waals surface area contributed by atoms with E-state index in [2.05, 4.69) is 16.2 Å². The van der Waals surface area contributed by atoms with E-state index in [-0.39, 0.29) is 11.1 Å². The lowest BCUT2D eigenvalue weighted by Crippen LogP contribution is -2.42. The van der Waals surface area contributed by atoms with Crippen LogP contribution in [0.15, 0.2) is 24.3 Å². The molecule has 0 unspecified atom stereocenters. The minimum Gasteiger partial charge on any atom is -0.440 e. The highest BCUT2D eigenvalue weighted by atomic mass is 16.5. The SMILES string of the molecule is CC(=O)O[C@H]1C#[N+]C(=O)c2ccccc2C(=O)N[C@H]1C. The van der Waals surface area contributed by atoms with Crippen LogP contribution in [0, 0.1) is 6.07 Å². The molecule has 1 aliphatic rings. The molecule has 0 radical (unpaired) electrons. The van der Waals surface area contributed by atoms with Crippen molar-refractivity contribution in [3.8, 4) is 6.07 Å². The zero-order chi connectivity index (χ0) is 14.7. The largest absolute Gasteiger partial charge is 0.548 e. The van der Waals surface area contributed by atoms with Crippen molar-refractivity contribution < 1.29 is 19.1 Å². The molecule has 0 bridgehead atoms. The Bertz CT molecular complexity index is 642. The number of fused-ring (bicyclic) bond motifs is 1. The fourth-order valence-corrected chi connectivity index (χ4v) is 1.83. The van der Waals surface area contributed by atoms with Gasteiger partial charge in [-0.2, -0.15) is 4.79 Å². The number of hydrogen-bond acceptors (Lipinski definition) is 4. The maximum absolute atomic E-state index is 12.1. The van der Waals surface area contributed by atoms with Crippen molar-refractivity contribution >= 4 is 17.8 Å². The van der Waals surface area contributed by atoms with Crippen LogP contribution in [0.2, 0.25) is 0 Å². The molecule has 0 saturated heterocycles. The molecule has 2 atom stereocenters. The number of amides is 2. The normalized spacial score (nSPS) is 21.3. The average molecular weight is 273 g/mol. The summed E-state index contributed by atoms with van der Waals surface area (Å²) in [7, 11) is 0. The molecule has 6 nitrogen and oxygen atoms in total. The topological polar surface area (TPSA) is 76.8 Å². The number of esters is 1. The quantitative estimate of drug-likeness (QED) is 0.780. The van der Waals surface area contributed by atoms with Gasteiger partial charge in [0.2, 0.25) is 0 Å². The summed E-state index contributed by atoms with van der Waals surface area (Å²) in [6.07, 6.45) is -0.908. The summed E-state index contributed by atoms with van der Waals surface area (Å²) in [4.78, 5) is 38.7. The summed E-state index contributed by atoms with van der Waals surface area (Å²) in [5.74, 6) is -1.55. The van der Waals surface area contributed by atoms with E-state index in [0.717, 1.165) is 0 Å². The van der Waals surface area contributed by atoms with E-state index in [0.29, 0.717) is 0 Å². The molecule has 1 N–H and O–H groups in total. The summed E-state index contributed by atoms with van der Waals surface area (Å²) in [5.41, 5.74) is 0.423. The van der Waals surface area contributed by atoms with Crippen molar-refractivity contribution in [3.05, 3.63) is 40.2 Å². The Labute approximate surface area is 115 Å². The van der Waals surface area contributed by atoms with E-state index in [9.17, 15) is 14.4 Å². The highest BCUT2D eigenvalue weighted by molar-refractivity contribution is 6.11. The van der Waals surface area contributed by atoms with Crippen LogP contribution < -0.4 is 5.32 Å². The molecule has 0 spiro atoms. The fourth-order valence-electron chi connectivity index (χ4n) is 1.83. The monoisotopic (exact) mass is 273 g/mol. The number of carbonyl (C=O) groups is 3. The van der Waals surface area contributed by atoms with Crippen LogP contribution in [-0.4, -0.2) is 29.9 Å². The van der Waals surface area contributed by atoms with Crippen LogP contribution in [-0.2, 0) is 9.53 Å². The van der Waals surface area contributed by atoms with Gasteiger partial charge in [0.05, 0.1) is 11.6 Å². The third-order valence-electron chi connectivity index (χ3n) is 2.80. The number of rotatable bonds is 1. The molecular weight excluding hydrogens is 260 g/mol. The lowest BCUT2D eigenvalue weighted by molar-refractivity contribution is -0.144. The van der Waals surface area contributed by atoms with Crippen molar-refractivity contribution in [2.45, 2.75) is 26.0 Å². The van der Waals surface area contributed by atoms with Crippen molar-refractivity contribution in [2.75, 3.05) is 0 Å². The molecule has 2 amide bonds. The van der Waals surface area contributed by atoms with Crippen molar-refractivity contribution in [1.82, 2.24) is 5.32 Å². The van der Waals surface area contributed by atoms with Crippen molar-refractivity contribution in [3.63, 3.8) is 0 Å². The van der Waals surface area contributed by atoms with Crippen LogP contribution in [0.25, 0.3) is 4.85 Å². The molecule has 6 heteroatoms. The van der Waals surface area contributed by atoms with Gasteiger partial charge in [0.1, 0.15) is 5.56 Å². The number of ether oxygens (including phenoxy) is 1. The van der Waals surface area contributed by atoms with Gasteiger partial charge in [-0.3, -0.25) is 9.59 Å². The maximum atomic E-state index is 12.1. The second kappa shape index (κ2) is 5.53. The smallest absolute Gasteiger partial charge is 0.440 e. The first-order valence-electron chi connectivity index (χ1n) is 6.06. The summed E-state index contributed by atoms with van der Waals surface area (Å²) in [5, 5.41) is 2.66. The minimum absolute atomic E-state index is 0.188. The molecule has 0 aromatic heterocycles. The molecule has 0 aliphatic carbocycles. The van der Waals surface area contributed by atoms with Gasteiger partial charge in [-0.05, 0) is 19.1 Å². The van der Waals surface area contributed by atoms with Gasteiger partial charge in [0.25, 0.3) is 12.0 Å². The van der Waals surface area contributed by atoms with Gasteiger partial charge >= 0.3 is 17.9 Å². The number of benzene rings is 1. The standard InChI is InChI=1S/C14H12N2O4/c1-8-12(20-9(2)17)7-15-13(18)10-5-3-4-6-11(10)14(19)16-8/h3-6,8,12H,1-2H3/p+1/t8-,12-/m0/s1. The Kier molecular flexibility index (Phi) is 3.80.